The summed E-state index contributed by atoms with van der Waals surface area (Å²) in [6.07, 6.45) is 0. The van der Waals surface area contributed by atoms with E-state index in [-0.39, 0.29) is 11.0 Å². The summed E-state index contributed by atoms with van der Waals surface area (Å²) in [5.41, 5.74) is 0.862. The Bertz CT molecular complexity index is 784. The Balaban J connectivity index is 2.26. The molecule has 3 aromatic rings. The predicted octanol–water partition coefficient (Wildman–Crippen LogP) is 4.81. The van der Waals surface area contributed by atoms with Crippen LogP contribution in [0.3, 0.4) is 0 Å². The van der Waals surface area contributed by atoms with Crippen LogP contribution in [0.5, 0.6) is 0 Å². The lowest BCUT2D eigenvalue weighted by atomic mass is 10.2. The summed E-state index contributed by atoms with van der Waals surface area (Å²) in [4.78, 5) is 6.91. The van der Waals surface area contributed by atoms with Gasteiger partial charge in [-0.1, -0.05) is 29.3 Å². The summed E-state index contributed by atoms with van der Waals surface area (Å²) < 4.78 is 26.7. The Hall–Kier alpha value is -1.65. The first kappa shape index (κ1) is 12.4. The summed E-state index contributed by atoms with van der Waals surface area (Å²) in [7, 11) is 0. The second-order valence-electron chi connectivity index (χ2n) is 3.97. The monoisotopic (exact) mass is 298 g/mol. The molecule has 19 heavy (non-hydrogen) atoms. The van der Waals surface area contributed by atoms with E-state index in [0.717, 1.165) is 6.07 Å². The van der Waals surface area contributed by atoms with Crippen LogP contribution >= 0.6 is 23.2 Å². The van der Waals surface area contributed by atoms with Crippen molar-refractivity contribution >= 4 is 34.2 Å². The zero-order valence-corrected chi connectivity index (χ0v) is 10.9. The van der Waals surface area contributed by atoms with E-state index in [9.17, 15) is 8.78 Å². The molecule has 0 saturated heterocycles. The first-order valence-electron chi connectivity index (χ1n) is 5.35. The van der Waals surface area contributed by atoms with E-state index < -0.39 is 11.6 Å². The molecule has 0 aliphatic heterocycles. The Kier molecular flexibility index (Phi) is 2.92. The van der Waals surface area contributed by atoms with Crippen molar-refractivity contribution in [3.63, 3.8) is 0 Å². The molecule has 2 nitrogen and oxygen atoms in total. The van der Waals surface area contributed by atoms with E-state index in [1.54, 1.807) is 18.2 Å². The average Bonchev–Trinajstić information content (AvgIpc) is 2.76. The highest BCUT2D eigenvalue weighted by molar-refractivity contribution is 6.43. The molecule has 0 unspecified atom stereocenters. The van der Waals surface area contributed by atoms with E-state index in [4.69, 9.17) is 23.2 Å². The van der Waals surface area contributed by atoms with E-state index in [1.807, 2.05) is 0 Å². The summed E-state index contributed by atoms with van der Waals surface area (Å²) in [5.74, 6) is -1.06. The quantitative estimate of drug-likeness (QED) is 0.686. The number of benzene rings is 2. The summed E-state index contributed by atoms with van der Waals surface area (Å²) in [6.45, 7) is 0. The van der Waals surface area contributed by atoms with Gasteiger partial charge in [-0.15, -0.1) is 0 Å². The van der Waals surface area contributed by atoms with Crippen molar-refractivity contribution < 1.29 is 8.78 Å². The summed E-state index contributed by atoms with van der Waals surface area (Å²) >= 11 is 12.0. The van der Waals surface area contributed by atoms with Crippen LogP contribution in [0.25, 0.3) is 22.4 Å². The number of imidazole rings is 1. The minimum Gasteiger partial charge on any atom is -0.338 e. The van der Waals surface area contributed by atoms with Gasteiger partial charge in [0.05, 0.1) is 15.6 Å². The third-order valence-electron chi connectivity index (χ3n) is 2.71. The van der Waals surface area contributed by atoms with Crippen LogP contribution in [0.1, 0.15) is 0 Å². The highest BCUT2D eigenvalue weighted by Gasteiger charge is 2.14. The van der Waals surface area contributed by atoms with Crippen molar-refractivity contribution in [2.24, 2.45) is 0 Å². The number of aromatic nitrogens is 2. The zero-order valence-electron chi connectivity index (χ0n) is 9.35. The molecule has 0 atom stereocenters. The average molecular weight is 299 g/mol. The first-order valence-corrected chi connectivity index (χ1v) is 6.11. The molecule has 0 spiro atoms. The van der Waals surface area contributed by atoms with Crippen molar-refractivity contribution in [1.82, 2.24) is 9.97 Å². The molecule has 0 fully saturated rings. The molecule has 0 bridgehead atoms. The number of nitrogens with one attached hydrogen (secondary N) is 1. The van der Waals surface area contributed by atoms with Gasteiger partial charge in [-0.2, -0.15) is 0 Å². The molecule has 1 N–H and O–H groups in total. The van der Waals surface area contributed by atoms with Crippen molar-refractivity contribution in [3.05, 3.63) is 52.0 Å². The van der Waals surface area contributed by atoms with Crippen LogP contribution in [0.4, 0.5) is 8.78 Å². The second kappa shape index (κ2) is 4.47. The molecule has 3 rings (SSSR count). The number of H-pyrrole nitrogens is 1. The summed E-state index contributed by atoms with van der Waals surface area (Å²) in [5, 5.41) is 0.676. The molecule has 0 aliphatic rings. The van der Waals surface area contributed by atoms with Crippen LogP contribution in [-0.4, -0.2) is 9.97 Å². The minimum absolute atomic E-state index is 0.0624. The number of hydrogen-bond acceptors (Lipinski definition) is 1. The van der Waals surface area contributed by atoms with Crippen molar-refractivity contribution in [1.29, 1.82) is 0 Å². The van der Waals surface area contributed by atoms with E-state index in [2.05, 4.69) is 9.97 Å². The summed E-state index contributed by atoms with van der Waals surface area (Å²) in [6, 6.07) is 6.99. The van der Waals surface area contributed by atoms with Gasteiger partial charge in [0.2, 0.25) is 0 Å². The molecule has 0 amide bonds. The molecule has 1 aromatic heterocycles. The maximum Gasteiger partial charge on any atom is 0.153 e. The lowest BCUT2D eigenvalue weighted by molar-refractivity contribution is 0.591. The van der Waals surface area contributed by atoms with Crippen molar-refractivity contribution in [2.45, 2.75) is 0 Å². The van der Waals surface area contributed by atoms with Crippen LogP contribution in [0.15, 0.2) is 30.3 Å². The largest absolute Gasteiger partial charge is 0.338 e. The molecule has 6 heteroatoms. The highest BCUT2D eigenvalue weighted by Crippen LogP contribution is 2.33. The van der Waals surface area contributed by atoms with Crippen LogP contribution in [0, 0.1) is 11.6 Å². The fourth-order valence-corrected chi connectivity index (χ4v) is 2.25. The minimum atomic E-state index is -0.726. The highest BCUT2D eigenvalue weighted by atomic mass is 35.5. The topological polar surface area (TPSA) is 28.7 Å². The van der Waals surface area contributed by atoms with Crippen LogP contribution in [0.2, 0.25) is 10.0 Å². The van der Waals surface area contributed by atoms with Gasteiger partial charge in [0, 0.05) is 11.6 Å². The smallest absolute Gasteiger partial charge is 0.153 e. The zero-order chi connectivity index (χ0) is 13.6. The molecule has 0 aliphatic carbocycles. The standard InChI is InChI=1S/C13H6Cl2F2N2/c14-8-3-1-2-7(11(8)15)13-18-10-5-6(16)4-9(17)12(10)19-13/h1-5H,(H,18,19). The Morgan fingerprint density at radius 1 is 1.11 bits per heavy atom. The molecular formula is C13H6Cl2F2N2. The number of aromatic amines is 1. The molecule has 0 saturated carbocycles. The normalized spacial score (nSPS) is 11.2. The Morgan fingerprint density at radius 3 is 2.68 bits per heavy atom. The molecule has 0 radical (unpaired) electrons. The third kappa shape index (κ3) is 2.07. The Labute approximate surface area is 117 Å². The van der Waals surface area contributed by atoms with Gasteiger partial charge < -0.3 is 4.98 Å². The van der Waals surface area contributed by atoms with Crippen molar-refractivity contribution in [2.75, 3.05) is 0 Å². The van der Waals surface area contributed by atoms with Crippen LogP contribution < -0.4 is 0 Å². The second-order valence-corrected chi connectivity index (χ2v) is 4.76. The lowest BCUT2D eigenvalue weighted by Gasteiger charge is -2.01. The SMILES string of the molecule is Fc1cc(F)c2nc(-c3cccc(Cl)c3Cl)[nH]c2c1. The molecule has 2 aromatic carbocycles. The maximum atomic E-state index is 13.6. The third-order valence-corrected chi connectivity index (χ3v) is 3.53. The first-order chi connectivity index (χ1) is 9.06. The van der Waals surface area contributed by atoms with Gasteiger partial charge in [-0.3, -0.25) is 0 Å². The molecule has 96 valence electrons. The fourth-order valence-electron chi connectivity index (χ4n) is 1.86. The number of rotatable bonds is 1. The van der Waals surface area contributed by atoms with Gasteiger partial charge >= 0.3 is 0 Å². The van der Waals surface area contributed by atoms with Crippen molar-refractivity contribution in [3.8, 4) is 11.4 Å². The molecular weight excluding hydrogens is 293 g/mol. The van der Waals surface area contributed by atoms with Gasteiger partial charge in [0.15, 0.2) is 5.82 Å². The predicted molar refractivity (Wildman–Crippen MR) is 71.5 cm³/mol. The fraction of sp³-hybridized carbons (Fsp3) is 0. The maximum absolute atomic E-state index is 13.6. The van der Waals surface area contributed by atoms with Gasteiger partial charge in [0.1, 0.15) is 17.2 Å². The number of halogens is 4. The van der Waals surface area contributed by atoms with Crippen LogP contribution in [-0.2, 0) is 0 Å². The van der Waals surface area contributed by atoms with E-state index in [1.165, 1.54) is 6.07 Å². The number of nitrogens with zero attached hydrogens (tertiary/aromatic N) is 1. The molecule has 1 heterocycles. The van der Waals surface area contributed by atoms with E-state index in [0.29, 0.717) is 21.4 Å². The van der Waals surface area contributed by atoms with E-state index >= 15 is 0 Å². The van der Waals surface area contributed by atoms with Gasteiger partial charge in [-0.05, 0) is 18.2 Å². The Morgan fingerprint density at radius 2 is 1.89 bits per heavy atom. The number of fused-ring (bicyclic) bond motifs is 1. The lowest BCUT2D eigenvalue weighted by Crippen LogP contribution is -1.83. The number of hydrogen-bond donors (Lipinski definition) is 1. The van der Waals surface area contributed by atoms with Gasteiger partial charge in [-0.25, -0.2) is 13.8 Å². The van der Waals surface area contributed by atoms with Gasteiger partial charge in [0.25, 0.3) is 0 Å².